The van der Waals surface area contributed by atoms with Crippen LogP contribution in [0.3, 0.4) is 0 Å². The Labute approximate surface area is 110 Å². The van der Waals surface area contributed by atoms with Crippen molar-refractivity contribution in [3.63, 3.8) is 0 Å². The first kappa shape index (κ1) is 15.4. The number of hydrogen-bond acceptors (Lipinski definition) is 3. The van der Waals surface area contributed by atoms with E-state index in [9.17, 15) is 18.7 Å². The second kappa shape index (κ2) is 6.47. The van der Waals surface area contributed by atoms with Crippen LogP contribution in [0, 0.1) is 17.6 Å². The van der Waals surface area contributed by atoms with E-state index in [2.05, 4.69) is 5.32 Å². The average molecular weight is 273 g/mol. The Balaban J connectivity index is 2.69. The Kier molecular flexibility index (Phi) is 5.23. The summed E-state index contributed by atoms with van der Waals surface area (Å²) in [5.74, 6) is -3.62. The van der Waals surface area contributed by atoms with E-state index in [-0.39, 0.29) is 12.5 Å². The predicted octanol–water partition coefficient (Wildman–Crippen LogP) is 1.81. The molecule has 1 aromatic carbocycles. The molecule has 0 aromatic heterocycles. The highest BCUT2D eigenvalue weighted by Crippen LogP contribution is 2.21. The van der Waals surface area contributed by atoms with Crippen molar-refractivity contribution in [2.24, 2.45) is 5.92 Å². The largest absolute Gasteiger partial charge is 0.507 e. The summed E-state index contributed by atoms with van der Waals surface area (Å²) in [4.78, 5) is 11.7. The summed E-state index contributed by atoms with van der Waals surface area (Å²) < 4.78 is 26.2. The molecular weight excluding hydrogens is 256 g/mol. The molecule has 4 nitrogen and oxygen atoms in total. The molecule has 0 saturated carbocycles. The van der Waals surface area contributed by atoms with E-state index in [4.69, 9.17) is 5.11 Å². The van der Waals surface area contributed by atoms with Crippen molar-refractivity contribution in [3.05, 3.63) is 29.3 Å². The van der Waals surface area contributed by atoms with Crippen LogP contribution in [0.15, 0.2) is 12.1 Å². The van der Waals surface area contributed by atoms with Crippen molar-refractivity contribution >= 4 is 5.91 Å². The van der Waals surface area contributed by atoms with Gasteiger partial charge in [0.25, 0.3) is 5.91 Å². The van der Waals surface area contributed by atoms with Crippen molar-refractivity contribution in [3.8, 4) is 5.75 Å². The van der Waals surface area contributed by atoms with Crippen LogP contribution in [0.2, 0.25) is 0 Å². The summed E-state index contributed by atoms with van der Waals surface area (Å²) in [6.07, 6.45) is -0.0131. The third-order valence-corrected chi connectivity index (χ3v) is 2.62. The summed E-state index contributed by atoms with van der Waals surface area (Å²) in [7, 11) is 0. The number of nitrogens with one attached hydrogen (secondary N) is 1. The SMILES string of the molecule is C[C@H](CNC(=O)c1c(O)cc(F)cc1F)C[C@H](C)O. The number of aliphatic hydroxyl groups is 1. The van der Waals surface area contributed by atoms with Crippen molar-refractivity contribution < 1.29 is 23.8 Å². The van der Waals surface area contributed by atoms with Gasteiger partial charge in [0, 0.05) is 18.7 Å². The van der Waals surface area contributed by atoms with Gasteiger partial charge in [0.15, 0.2) is 0 Å². The zero-order valence-corrected chi connectivity index (χ0v) is 10.8. The van der Waals surface area contributed by atoms with Gasteiger partial charge in [0.2, 0.25) is 0 Å². The van der Waals surface area contributed by atoms with Gasteiger partial charge >= 0.3 is 0 Å². The quantitative estimate of drug-likeness (QED) is 0.766. The lowest BCUT2D eigenvalue weighted by atomic mass is 10.0. The zero-order chi connectivity index (χ0) is 14.6. The molecule has 106 valence electrons. The minimum absolute atomic E-state index is 0.00500. The molecule has 1 rings (SSSR count). The Morgan fingerprint density at radius 1 is 1.37 bits per heavy atom. The summed E-state index contributed by atoms with van der Waals surface area (Å²) in [5.41, 5.74) is -0.578. The Morgan fingerprint density at radius 3 is 2.53 bits per heavy atom. The number of halogens is 2. The number of phenols is 1. The molecule has 0 heterocycles. The fraction of sp³-hybridized carbons (Fsp3) is 0.462. The molecule has 0 radical (unpaired) electrons. The summed E-state index contributed by atoms with van der Waals surface area (Å²) in [5, 5.41) is 21.0. The fourth-order valence-electron chi connectivity index (χ4n) is 1.81. The van der Waals surface area contributed by atoms with Gasteiger partial charge in [-0.15, -0.1) is 0 Å². The first-order valence-electron chi connectivity index (χ1n) is 5.95. The highest BCUT2D eigenvalue weighted by molar-refractivity contribution is 5.97. The van der Waals surface area contributed by atoms with Crippen LogP contribution < -0.4 is 5.32 Å². The predicted molar refractivity (Wildman–Crippen MR) is 65.8 cm³/mol. The zero-order valence-electron chi connectivity index (χ0n) is 10.8. The molecule has 0 bridgehead atoms. The smallest absolute Gasteiger partial charge is 0.258 e. The molecular formula is C13H17F2NO3. The van der Waals surface area contributed by atoms with Gasteiger partial charge in [-0.2, -0.15) is 0 Å². The molecule has 0 unspecified atom stereocenters. The van der Waals surface area contributed by atoms with Crippen LogP contribution in [0.25, 0.3) is 0 Å². The summed E-state index contributed by atoms with van der Waals surface area (Å²) >= 11 is 0. The number of aromatic hydroxyl groups is 1. The molecule has 0 saturated heterocycles. The molecule has 2 atom stereocenters. The second-order valence-corrected chi connectivity index (χ2v) is 4.68. The number of amides is 1. The summed E-state index contributed by atoms with van der Waals surface area (Å²) in [6, 6.07) is 1.21. The highest BCUT2D eigenvalue weighted by Gasteiger charge is 2.19. The van der Waals surface area contributed by atoms with Crippen molar-refractivity contribution in [2.45, 2.75) is 26.4 Å². The lowest BCUT2D eigenvalue weighted by Gasteiger charge is -2.14. The van der Waals surface area contributed by atoms with E-state index in [0.29, 0.717) is 18.6 Å². The average Bonchev–Trinajstić information content (AvgIpc) is 2.23. The molecule has 0 aliphatic heterocycles. The van der Waals surface area contributed by atoms with Gasteiger partial charge in [-0.1, -0.05) is 6.92 Å². The molecule has 0 aliphatic rings. The monoisotopic (exact) mass is 273 g/mol. The van der Waals surface area contributed by atoms with Crippen LogP contribution in [0.4, 0.5) is 8.78 Å². The molecule has 0 aliphatic carbocycles. The number of phenolic OH excluding ortho intramolecular Hbond substituents is 1. The molecule has 19 heavy (non-hydrogen) atoms. The molecule has 3 N–H and O–H groups in total. The third kappa shape index (κ3) is 4.48. The number of carbonyl (C=O) groups is 1. The highest BCUT2D eigenvalue weighted by atomic mass is 19.1. The normalized spacial score (nSPS) is 13.9. The molecule has 1 amide bonds. The van der Waals surface area contributed by atoms with Gasteiger partial charge in [0.1, 0.15) is 22.9 Å². The maximum absolute atomic E-state index is 13.4. The topological polar surface area (TPSA) is 69.6 Å². The Hall–Kier alpha value is -1.69. The van der Waals surface area contributed by atoms with E-state index in [1.165, 1.54) is 0 Å². The number of carbonyl (C=O) groups excluding carboxylic acids is 1. The van der Waals surface area contributed by atoms with Gasteiger partial charge < -0.3 is 15.5 Å². The minimum Gasteiger partial charge on any atom is -0.507 e. The Morgan fingerprint density at radius 2 is 2.00 bits per heavy atom. The standard InChI is InChI=1S/C13H17F2NO3/c1-7(3-8(2)17)6-16-13(19)12-10(15)4-9(14)5-11(12)18/h4-5,7-8,17-18H,3,6H2,1-2H3,(H,16,19)/t7-,8-/m0/s1. The van der Waals surface area contributed by atoms with E-state index in [1.54, 1.807) is 6.92 Å². The number of rotatable bonds is 5. The summed E-state index contributed by atoms with van der Waals surface area (Å²) in [6.45, 7) is 3.66. The van der Waals surface area contributed by atoms with Gasteiger partial charge in [-0.3, -0.25) is 4.79 Å². The second-order valence-electron chi connectivity index (χ2n) is 4.68. The van der Waals surface area contributed by atoms with Crippen molar-refractivity contribution in [1.82, 2.24) is 5.32 Å². The molecule has 1 aromatic rings. The number of aliphatic hydroxyl groups excluding tert-OH is 1. The van der Waals surface area contributed by atoms with Gasteiger partial charge in [-0.05, 0) is 19.3 Å². The maximum atomic E-state index is 13.4. The van der Waals surface area contributed by atoms with Crippen molar-refractivity contribution in [2.75, 3.05) is 6.54 Å². The van der Waals surface area contributed by atoms with Crippen LogP contribution in [-0.2, 0) is 0 Å². The number of benzene rings is 1. The molecule has 6 heteroatoms. The first-order valence-corrected chi connectivity index (χ1v) is 5.95. The number of hydrogen-bond donors (Lipinski definition) is 3. The van der Waals surface area contributed by atoms with Crippen LogP contribution in [-0.4, -0.2) is 28.8 Å². The van der Waals surface area contributed by atoms with Crippen LogP contribution in [0.1, 0.15) is 30.6 Å². The van der Waals surface area contributed by atoms with Gasteiger partial charge in [-0.25, -0.2) is 8.78 Å². The van der Waals surface area contributed by atoms with E-state index >= 15 is 0 Å². The first-order chi connectivity index (χ1) is 8.81. The van der Waals surface area contributed by atoms with E-state index < -0.39 is 35.0 Å². The molecule has 0 fully saturated rings. The van der Waals surface area contributed by atoms with Crippen LogP contribution >= 0.6 is 0 Å². The van der Waals surface area contributed by atoms with E-state index in [1.807, 2.05) is 6.92 Å². The lowest BCUT2D eigenvalue weighted by molar-refractivity contribution is 0.0932. The molecule has 0 spiro atoms. The van der Waals surface area contributed by atoms with Crippen molar-refractivity contribution in [1.29, 1.82) is 0 Å². The minimum atomic E-state index is -1.11. The fourth-order valence-corrected chi connectivity index (χ4v) is 1.81. The third-order valence-electron chi connectivity index (χ3n) is 2.62. The Bertz CT molecular complexity index is 440. The van der Waals surface area contributed by atoms with Crippen LogP contribution in [0.5, 0.6) is 5.75 Å². The van der Waals surface area contributed by atoms with Gasteiger partial charge in [0.05, 0.1) is 6.10 Å². The van der Waals surface area contributed by atoms with E-state index in [0.717, 1.165) is 0 Å². The lowest BCUT2D eigenvalue weighted by Crippen LogP contribution is -2.30. The maximum Gasteiger partial charge on any atom is 0.258 e.